The van der Waals surface area contributed by atoms with E-state index in [1.54, 1.807) is 0 Å². The Labute approximate surface area is 434 Å². The number of ether oxygens (including phenoxy) is 14. The lowest BCUT2D eigenvalue weighted by Crippen LogP contribution is -2.68. The molecule has 0 radical (unpaired) electrons. The van der Waals surface area contributed by atoms with Crippen LogP contribution >= 0.6 is 0 Å². The van der Waals surface area contributed by atoms with Crippen molar-refractivity contribution in [2.75, 3.05) is 46.2 Å². The van der Waals surface area contributed by atoms with Gasteiger partial charge in [-0.3, -0.25) is 0 Å². The molecule has 21 N–H and O–H groups in total. The number of hydrogen-bond acceptors (Lipinski definition) is 35. The molecule has 0 aromatic carbocycles. The second-order valence-corrected chi connectivity index (χ2v) is 19.7. The molecular formula is C42H70O35. The van der Waals surface area contributed by atoms with E-state index in [-0.39, 0.29) is 0 Å². The van der Waals surface area contributed by atoms with Crippen LogP contribution in [0.15, 0.2) is 0 Å². The fourth-order valence-electron chi connectivity index (χ4n) is 10.4. The minimum atomic E-state index is -2.21. The first kappa shape index (κ1) is 61.7. The molecule has 21 heterocycles. The molecule has 21 aliphatic heterocycles. The topological polar surface area (TPSA) is 554 Å². The number of aliphatic hydroxyl groups is 21. The van der Waals surface area contributed by atoms with Crippen LogP contribution in [0.3, 0.4) is 0 Å². The molecule has 35 nitrogen and oxygen atoms in total. The van der Waals surface area contributed by atoms with Gasteiger partial charge in [0.15, 0.2) is 44.0 Å². The normalized spacial score (nSPS) is 55.4. The molecule has 0 aliphatic carbocycles. The van der Waals surface area contributed by atoms with E-state index in [4.69, 9.17) is 66.3 Å². The SMILES string of the molecule is OC[C@H]1O[C@@H]2O[C@H]3[C@H](O)[C@@H](O)[C@@H](O[C@H]4[C@H](O)[C@@H](O)[C@H](O[C@@H]4CO)O[C@H]4C(O)C(O)[C@@H](O[C@H]5[C@H](O)C(O)[C@@H](O[C@H]6[C@H](O)[C@@H](O)[C@@H](O[C@H]7[C@H](O)C(O)[C@@H](O[C@H]1[C@H](O)[C@H]2O)O[C@@H]7CO)O[C@@H]6CO)O[C@@H]5CO)O[C@@H]4CO)O[C@@H]3CO. The monoisotopic (exact) mass is 1130 g/mol. The molecule has 4 unspecified atom stereocenters. The van der Waals surface area contributed by atoms with Gasteiger partial charge in [-0.1, -0.05) is 0 Å². The zero-order valence-electron chi connectivity index (χ0n) is 40.3. The molecule has 21 fully saturated rings. The molecule has 35 atom stereocenters. The number of rotatable bonds is 7. The predicted molar refractivity (Wildman–Crippen MR) is 228 cm³/mol. The Hall–Kier alpha value is -1.40. The van der Waals surface area contributed by atoms with Crippen molar-refractivity contribution in [3.63, 3.8) is 0 Å². The maximum absolute atomic E-state index is 11.3. The molecule has 448 valence electrons. The van der Waals surface area contributed by atoms with Crippen molar-refractivity contribution in [2.24, 2.45) is 0 Å². The lowest BCUT2D eigenvalue weighted by atomic mass is 9.95. The van der Waals surface area contributed by atoms with Crippen molar-refractivity contribution in [3.8, 4) is 0 Å². The van der Waals surface area contributed by atoms with Gasteiger partial charge in [-0.25, -0.2) is 0 Å². The van der Waals surface area contributed by atoms with Crippen LogP contribution < -0.4 is 0 Å². The summed E-state index contributed by atoms with van der Waals surface area (Å²) in [5, 5.41) is 230. The van der Waals surface area contributed by atoms with Gasteiger partial charge in [0.1, 0.15) is 171 Å². The molecule has 21 saturated heterocycles. The Kier molecular flexibility index (Phi) is 20.8. The second-order valence-electron chi connectivity index (χ2n) is 19.7. The summed E-state index contributed by atoms with van der Waals surface area (Å²) in [5.74, 6) is 0. The fourth-order valence-corrected chi connectivity index (χ4v) is 10.4. The summed E-state index contributed by atoms with van der Waals surface area (Å²) >= 11 is 0. The third-order valence-electron chi connectivity index (χ3n) is 14.8. The third kappa shape index (κ3) is 12.1. The van der Waals surface area contributed by atoms with E-state index in [0.717, 1.165) is 0 Å². The standard InChI is InChI=1S/C42H70O35/c43-1-8-29-15(50)22(57)36(64-8)72-30-9(2-44)66-38(24(59)17(30)52)74-32-11(4-46)68-40(26(61)19(32)54)76-34-13(6-48)70-42(28(63)21(34)56)77-35-14(7-49)69-41(27(62)20(35)55)75-33-12(5-47)67-39(25(60)18(33)53)73-31-10(3-45)65-37(71-29)23(58)16(31)51/h8-63H,1-7H2/t8-,9-,10-,11-,12-,13-,14-,15-,16-,17-,18-,19-,20-,21?,22-,23?,24-,25-,26-,27?,28?,29-,30-,31-,32-,33-,34-,35-,36-,37-,38-,39-,40-,41-,42-/m1/s1. The van der Waals surface area contributed by atoms with Gasteiger partial charge in [-0.15, -0.1) is 0 Å². The highest BCUT2D eigenvalue weighted by molar-refractivity contribution is 5.01. The smallest absolute Gasteiger partial charge is 0.187 e. The third-order valence-corrected chi connectivity index (χ3v) is 14.8. The van der Waals surface area contributed by atoms with E-state index in [9.17, 15) is 107 Å². The first-order chi connectivity index (χ1) is 36.7. The Morgan fingerprint density at radius 2 is 0.260 bits per heavy atom. The summed E-state index contributed by atoms with van der Waals surface area (Å²) in [5.41, 5.74) is 0. The summed E-state index contributed by atoms with van der Waals surface area (Å²) in [6.45, 7) is -7.33. The highest BCUT2D eigenvalue weighted by Gasteiger charge is 2.59. The van der Waals surface area contributed by atoms with Crippen molar-refractivity contribution in [1.29, 1.82) is 0 Å². The quantitative estimate of drug-likeness (QED) is 0.113. The maximum atomic E-state index is 11.3. The van der Waals surface area contributed by atoms with Crippen LogP contribution in [0.5, 0.6) is 0 Å². The zero-order chi connectivity index (χ0) is 56.1. The van der Waals surface area contributed by atoms with Crippen molar-refractivity contribution in [1.82, 2.24) is 0 Å². The van der Waals surface area contributed by atoms with Gasteiger partial charge in [-0.05, 0) is 0 Å². The summed E-state index contributed by atoms with van der Waals surface area (Å²) in [6.07, 6.45) is -70.2. The fraction of sp³-hybridized carbons (Fsp3) is 1.00. The Bertz CT molecular complexity index is 1470. The minimum absolute atomic E-state index is 1.05. The maximum Gasteiger partial charge on any atom is 0.187 e. The Morgan fingerprint density at radius 3 is 0.351 bits per heavy atom. The highest BCUT2D eigenvalue weighted by Crippen LogP contribution is 2.39. The van der Waals surface area contributed by atoms with Gasteiger partial charge in [0.2, 0.25) is 0 Å². The molecule has 21 rings (SSSR count). The van der Waals surface area contributed by atoms with Gasteiger partial charge in [-0.2, -0.15) is 0 Å². The molecule has 0 spiro atoms. The van der Waals surface area contributed by atoms with Gasteiger partial charge in [0.25, 0.3) is 0 Å². The second kappa shape index (κ2) is 26.0. The van der Waals surface area contributed by atoms with E-state index in [1.165, 1.54) is 0 Å². The molecule has 21 aliphatic rings. The van der Waals surface area contributed by atoms with Crippen LogP contribution in [0.1, 0.15) is 0 Å². The molecular weight excluding hydrogens is 1060 g/mol. The zero-order valence-corrected chi connectivity index (χ0v) is 40.3. The number of aliphatic hydroxyl groups excluding tert-OH is 21. The van der Waals surface area contributed by atoms with E-state index in [0.29, 0.717) is 0 Å². The highest BCUT2D eigenvalue weighted by atomic mass is 16.8. The molecule has 0 amide bonds. The van der Waals surface area contributed by atoms with E-state index < -0.39 is 261 Å². The Balaban J connectivity index is 1.08. The van der Waals surface area contributed by atoms with Crippen LogP contribution in [0, 0.1) is 0 Å². The van der Waals surface area contributed by atoms with Crippen molar-refractivity contribution in [2.45, 2.75) is 215 Å². The summed E-state index contributed by atoms with van der Waals surface area (Å²) in [6, 6.07) is 0. The minimum Gasteiger partial charge on any atom is -0.394 e. The number of hydrogen-bond donors (Lipinski definition) is 21. The lowest BCUT2D eigenvalue weighted by Gasteiger charge is -2.50. The van der Waals surface area contributed by atoms with E-state index in [1.807, 2.05) is 0 Å². The average molecular weight is 1130 g/mol. The van der Waals surface area contributed by atoms with Gasteiger partial charge >= 0.3 is 0 Å². The summed E-state index contributed by atoms with van der Waals surface area (Å²) in [7, 11) is 0. The van der Waals surface area contributed by atoms with Crippen molar-refractivity contribution in [3.05, 3.63) is 0 Å². The largest absolute Gasteiger partial charge is 0.394 e. The average Bonchev–Trinajstić information content (AvgIpc) is 3.45. The molecule has 77 heavy (non-hydrogen) atoms. The van der Waals surface area contributed by atoms with Crippen LogP contribution in [0.4, 0.5) is 0 Å². The van der Waals surface area contributed by atoms with Crippen LogP contribution in [-0.4, -0.2) is 368 Å². The van der Waals surface area contributed by atoms with Crippen molar-refractivity contribution < 1.29 is 174 Å². The van der Waals surface area contributed by atoms with E-state index in [2.05, 4.69) is 0 Å². The first-order valence-corrected chi connectivity index (χ1v) is 24.6. The lowest BCUT2D eigenvalue weighted by molar-refractivity contribution is -0.396. The molecule has 14 bridgehead atoms. The van der Waals surface area contributed by atoms with Gasteiger partial charge in [0.05, 0.1) is 46.2 Å². The molecule has 35 heteroatoms. The molecule has 0 aromatic heterocycles. The first-order valence-electron chi connectivity index (χ1n) is 24.6. The van der Waals surface area contributed by atoms with Crippen LogP contribution in [0.2, 0.25) is 0 Å². The summed E-state index contributed by atoms with van der Waals surface area (Å²) < 4.78 is 79.5. The van der Waals surface area contributed by atoms with E-state index >= 15 is 0 Å². The van der Waals surface area contributed by atoms with Crippen LogP contribution in [-0.2, 0) is 66.3 Å². The molecule has 0 saturated carbocycles. The van der Waals surface area contributed by atoms with Crippen LogP contribution in [0.25, 0.3) is 0 Å². The van der Waals surface area contributed by atoms with Crippen molar-refractivity contribution >= 4 is 0 Å². The predicted octanol–water partition coefficient (Wildman–Crippen LogP) is -15.2. The Morgan fingerprint density at radius 1 is 0.156 bits per heavy atom. The molecule has 0 aromatic rings. The van der Waals surface area contributed by atoms with Gasteiger partial charge < -0.3 is 174 Å². The van der Waals surface area contributed by atoms with Gasteiger partial charge in [0, 0.05) is 0 Å². The summed E-state index contributed by atoms with van der Waals surface area (Å²) in [4.78, 5) is 0.